The molecule has 0 radical (unpaired) electrons. The summed E-state index contributed by atoms with van der Waals surface area (Å²) in [5.41, 5.74) is 2.71. The van der Waals surface area contributed by atoms with Crippen molar-refractivity contribution in [1.29, 1.82) is 0 Å². The van der Waals surface area contributed by atoms with E-state index in [1.165, 1.54) is 0 Å². The van der Waals surface area contributed by atoms with Crippen LogP contribution in [0.4, 0.5) is 5.69 Å². The van der Waals surface area contributed by atoms with E-state index in [2.05, 4.69) is 10.6 Å². The van der Waals surface area contributed by atoms with Crippen LogP contribution < -0.4 is 15.4 Å². The molecule has 0 spiro atoms. The van der Waals surface area contributed by atoms with E-state index in [9.17, 15) is 14.7 Å². The lowest BCUT2D eigenvalue weighted by molar-refractivity contribution is -0.142. The molecule has 2 aromatic rings. The molecule has 2 aliphatic rings. The molecular weight excluding hydrogens is 434 g/mol. The highest BCUT2D eigenvalue weighted by Crippen LogP contribution is 2.47. The molecular formula is C26H33N3O5. The molecule has 2 amide bonds. The van der Waals surface area contributed by atoms with Crippen LogP contribution >= 0.6 is 0 Å². The first kappa shape index (κ1) is 24.2. The third-order valence-electron chi connectivity index (χ3n) is 6.33. The zero-order valence-electron chi connectivity index (χ0n) is 19.9. The van der Waals surface area contributed by atoms with Crippen molar-refractivity contribution >= 4 is 17.5 Å². The summed E-state index contributed by atoms with van der Waals surface area (Å²) in [6.07, 6.45) is -0.400. The monoisotopic (exact) mass is 467 g/mol. The predicted octanol–water partition coefficient (Wildman–Crippen LogP) is 2.45. The van der Waals surface area contributed by atoms with Crippen LogP contribution in [-0.2, 0) is 14.3 Å². The van der Waals surface area contributed by atoms with E-state index in [1.807, 2.05) is 69.6 Å². The number of aliphatic hydroxyl groups is 1. The van der Waals surface area contributed by atoms with Crippen molar-refractivity contribution in [1.82, 2.24) is 10.2 Å². The molecule has 34 heavy (non-hydrogen) atoms. The number of rotatable bonds is 8. The van der Waals surface area contributed by atoms with Gasteiger partial charge >= 0.3 is 0 Å². The standard InChI is InChI=1S/C26H33N3O5/c1-16(17-7-5-4-6-8-17)27-24(31)13-19-12-21-20-11-18(28-25(32)14-29(2)3)9-10-22(20)34-26(21)23(15-30)33-19/h4-11,16,19,21,23,26,30H,12-15H2,1-3H3,(H,27,31)(H,28,32)/t16-,19+,21+,23-,26-/m0/s1. The number of amides is 2. The molecule has 2 aliphatic heterocycles. The summed E-state index contributed by atoms with van der Waals surface area (Å²) >= 11 is 0. The average Bonchev–Trinajstić information content (AvgIpc) is 3.16. The number of hydrogen-bond acceptors (Lipinski definition) is 6. The van der Waals surface area contributed by atoms with E-state index in [4.69, 9.17) is 9.47 Å². The van der Waals surface area contributed by atoms with E-state index in [0.29, 0.717) is 18.7 Å². The second kappa shape index (κ2) is 10.5. The smallest absolute Gasteiger partial charge is 0.238 e. The van der Waals surface area contributed by atoms with Crippen LogP contribution in [0, 0.1) is 0 Å². The number of hydrogen-bond donors (Lipinski definition) is 3. The minimum absolute atomic E-state index is 0.0315. The maximum atomic E-state index is 12.8. The molecule has 5 atom stereocenters. The third kappa shape index (κ3) is 5.58. The fourth-order valence-corrected chi connectivity index (χ4v) is 4.79. The zero-order valence-corrected chi connectivity index (χ0v) is 19.9. The molecule has 0 unspecified atom stereocenters. The first-order valence-corrected chi connectivity index (χ1v) is 11.7. The Balaban J connectivity index is 1.43. The predicted molar refractivity (Wildman–Crippen MR) is 129 cm³/mol. The topological polar surface area (TPSA) is 100 Å². The lowest BCUT2D eigenvalue weighted by atomic mass is 9.84. The van der Waals surface area contributed by atoms with Crippen LogP contribution in [0.1, 0.15) is 42.9 Å². The van der Waals surface area contributed by atoms with Crippen molar-refractivity contribution in [3.8, 4) is 5.75 Å². The third-order valence-corrected chi connectivity index (χ3v) is 6.33. The van der Waals surface area contributed by atoms with Crippen LogP contribution in [0.5, 0.6) is 5.75 Å². The van der Waals surface area contributed by atoms with Gasteiger partial charge in [0, 0.05) is 17.2 Å². The normalized spacial score (nSPS) is 24.0. The molecule has 0 aromatic heterocycles. The second-order valence-corrected chi connectivity index (χ2v) is 9.35. The summed E-state index contributed by atoms with van der Waals surface area (Å²) in [5.74, 6) is 0.504. The lowest BCUT2D eigenvalue weighted by Crippen LogP contribution is -2.47. The highest BCUT2D eigenvalue weighted by atomic mass is 16.6. The van der Waals surface area contributed by atoms with Crippen molar-refractivity contribution in [2.24, 2.45) is 0 Å². The van der Waals surface area contributed by atoms with Gasteiger partial charge in [0.25, 0.3) is 0 Å². The molecule has 182 valence electrons. The first-order valence-electron chi connectivity index (χ1n) is 11.7. The van der Waals surface area contributed by atoms with Crippen molar-refractivity contribution < 1.29 is 24.2 Å². The van der Waals surface area contributed by atoms with Gasteiger partial charge in [-0.05, 0) is 51.2 Å². The molecule has 0 bridgehead atoms. The molecule has 1 saturated heterocycles. The first-order chi connectivity index (χ1) is 16.3. The van der Waals surface area contributed by atoms with Gasteiger partial charge in [-0.2, -0.15) is 0 Å². The summed E-state index contributed by atoms with van der Waals surface area (Å²) in [4.78, 5) is 26.7. The number of aliphatic hydroxyl groups excluding tert-OH is 1. The molecule has 3 N–H and O–H groups in total. The van der Waals surface area contributed by atoms with Gasteiger partial charge in [0.15, 0.2) is 0 Å². The van der Waals surface area contributed by atoms with Crippen LogP contribution in [-0.4, -0.2) is 67.4 Å². The van der Waals surface area contributed by atoms with Gasteiger partial charge in [-0.25, -0.2) is 0 Å². The minimum atomic E-state index is -0.526. The van der Waals surface area contributed by atoms with Crippen molar-refractivity contribution in [2.75, 3.05) is 32.6 Å². The maximum Gasteiger partial charge on any atom is 0.238 e. The molecule has 2 heterocycles. The second-order valence-electron chi connectivity index (χ2n) is 9.35. The Kier molecular flexibility index (Phi) is 7.50. The summed E-state index contributed by atoms with van der Waals surface area (Å²) in [6.45, 7) is 2.05. The number of nitrogens with one attached hydrogen (secondary N) is 2. The lowest BCUT2D eigenvalue weighted by Gasteiger charge is -2.37. The number of anilines is 1. The Morgan fingerprint density at radius 3 is 2.62 bits per heavy atom. The van der Waals surface area contributed by atoms with Crippen molar-refractivity contribution in [3.63, 3.8) is 0 Å². The van der Waals surface area contributed by atoms with Crippen LogP contribution in [0.25, 0.3) is 0 Å². The summed E-state index contributed by atoms with van der Waals surface area (Å²) in [6, 6.07) is 15.3. The highest BCUT2D eigenvalue weighted by molar-refractivity contribution is 5.92. The van der Waals surface area contributed by atoms with Crippen LogP contribution in [0.3, 0.4) is 0 Å². The Morgan fingerprint density at radius 1 is 1.15 bits per heavy atom. The number of ether oxygens (including phenoxy) is 2. The number of fused-ring (bicyclic) bond motifs is 3. The quantitative estimate of drug-likeness (QED) is 0.552. The number of carbonyl (C=O) groups is 2. The van der Waals surface area contributed by atoms with E-state index >= 15 is 0 Å². The molecule has 0 saturated carbocycles. The van der Waals surface area contributed by atoms with Gasteiger partial charge in [-0.3, -0.25) is 9.59 Å². The fraction of sp³-hybridized carbons (Fsp3) is 0.462. The number of carbonyl (C=O) groups excluding carboxylic acids is 2. The Labute approximate surface area is 200 Å². The Hall–Kier alpha value is -2.94. The van der Waals surface area contributed by atoms with Crippen molar-refractivity contribution in [3.05, 3.63) is 59.7 Å². The number of benzene rings is 2. The van der Waals surface area contributed by atoms with Gasteiger partial charge in [0.1, 0.15) is 18.0 Å². The van der Waals surface area contributed by atoms with Crippen LogP contribution in [0.2, 0.25) is 0 Å². The molecule has 1 fully saturated rings. The summed E-state index contributed by atoms with van der Waals surface area (Å²) in [5, 5.41) is 15.9. The number of nitrogens with zero attached hydrogens (tertiary/aromatic N) is 1. The van der Waals surface area contributed by atoms with E-state index < -0.39 is 6.10 Å². The Bertz CT molecular complexity index is 1010. The molecule has 4 rings (SSSR count). The average molecular weight is 468 g/mol. The van der Waals surface area contributed by atoms with E-state index in [0.717, 1.165) is 16.9 Å². The molecule has 8 heteroatoms. The van der Waals surface area contributed by atoms with Gasteiger partial charge in [-0.15, -0.1) is 0 Å². The fourth-order valence-electron chi connectivity index (χ4n) is 4.79. The van der Waals surface area contributed by atoms with Gasteiger partial charge in [0.05, 0.1) is 31.7 Å². The molecule has 0 aliphatic carbocycles. The SMILES string of the molecule is C[C@H](NC(=O)C[C@H]1C[C@@H]2c3cc(NC(=O)CN(C)C)ccc3O[C@@H]2[C@H](CO)O1)c1ccccc1. The minimum Gasteiger partial charge on any atom is -0.487 e. The highest BCUT2D eigenvalue weighted by Gasteiger charge is 2.46. The maximum absolute atomic E-state index is 12.8. The molecule has 8 nitrogen and oxygen atoms in total. The molecule has 2 aromatic carbocycles. The van der Waals surface area contributed by atoms with Gasteiger partial charge < -0.3 is 30.1 Å². The number of likely N-dealkylation sites (N-methyl/N-ethyl adjacent to an activating group) is 1. The zero-order chi connectivity index (χ0) is 24.2. The summed E-state index contributed by atoms with van der Waals surface area (Å²) < 4.78 is 12.2. The summed E-state index contributed by atoms with van der Waals surface area (Å²) in [7, 11) is 3.68. The van der Waals surface area contributed by atoms with Gasteiger partial charge in [0.2, 0.25) is 11.8 Å². The van der Waals surface area contributed by atoms with E-state index in [-0.39, 0.29) is 49.0 Å². The van der Waals surface area contributed by atoms with Gasteiger partial charge in [-0.1, -0.05) is 30.3 Å². The largest absolute Gasteiger partial charge is 0.487 e. The van der Waals surface area contributed by atoms with Crippen molar-refractivity contribution in [2.45, 2.75) is 50.0 Å². The Morgan fingerprint density at radius 2 is 1.91 bits per heavy atom. The van der Waals surface area contributed by atoms with E-state index in [1.54, 1.807) is 4.90 Å². The van der Waals surface area contributed by atoms with Crippen LogP contribution in [0.15, 0.2) is 48.5 Å².